The highest BCUT2D eigenvalue weighted by Crippen LogP contribution is 2.20. The molecule has 0 amide bonds. The van der Waals surface area contributed by atoms with Crippen LogP contribution in [0.4, 0.5) is 0 Å². The molecule has 0 fully saturated rings. The third-order valence-corrected chi connectivity index (χ3v) is 1.88. The van der Waals surface area contributed by atoms with Crippen LogP contribution in [0.3, 0.4) is 0 Å². The molecule has 2 rings (SSSR count). The maximum absolute atomic E-state index is 9.10. The van der Waals surface area contributed by atoms with E-state index in [2.05, 4.69) is 54.0 Å². The molecular weight excluding hydrogens is 237 g/mol. The van der Waals surface area contributed by atoms with E-state index in [4.69, 9.17) is 14.4 Å². The molecule has 0 aliphatic rings. The molecule has 5 heteroatoms. The molecule has 90 valence electrons. The van der Waals surface area contributed by atoms with Gasteiger partial charge in [0.25, 0.3) is 0 Å². The molecular formula is C12H14NO3P. The Kier molecular flexibility index (Phi) is 5.07. The Bertz CT molecular complexity index is 436. The second-order valence-electron chi connectivity index (χ2n) is 3.32. The van der Waals surface area contributed by atoms with Crippen molar-refractivity contribution in [2.45, 2.75) is 0 Å². The van der Waals surface area contributed by atoms with E-state index in [-0.39, 0.29) is 0 Å². The topological polar surface area (TPSA) is 83.6 Å². The Labute approximate surface area is 99.9 Å². The molecule has 0 radical (unpaired) electrons. The maximum Gasteiger partial charge on any atom is 0.397 e. The normalized spacial score (nSPS) is 10.3. The minimum atomic E-state index is -4.14. The van der Waals surface area contributed by atoms with Crippen molar-refractivity contribution in [2.24, 2.45) is 5.50 Å². The Morgan fingerprint density at radius 3 is 1.24 bits per heavy atom. The lowest BCUT2D eigenvalue weighted by atomic mass is 10.1. The number of hydrogen-bond donors (Lipinski definition) is 3. The van der Waals surface area contributed by atoms with Gasteiger partial charge in [-0.25, -0.2) is 10.1 Å². The van der Waals surface area contributed by atoms with Crippen molar-refractivity contribution in [2.75, 3.05) is 0 Å². The molecule has 17 heavy (non-hydrogen) atoms. The van der Waals surface area contributed by atoms with Gasteiger partial charge in [0.1, 0.15) is 0 Å². The molecule has 0 bridgehead atoms. The van der Waals surface area contributed by atoms with Gasteiger partial charge in [0.15, 0.2) is 0 Å². The molecule has 0 saturated carbocycles. The van der Waals surface area contributed by atoms with Crippen LogP contribution in [-0.2, 0) is 4.57 Å². The van der Waals surface area contributed by atoms with E-state index in [1.807, 2.05) is 12.1 Å². The van der Waals surface area contributed by atoms with Crippen molar-refractivity contribution in [3.63, 3.8) is 0 Å². The first-order valence-corrected chi connectivity index (χ1v) is 6.59. The van der Waals surface area contributed by atoms with Gasteiger partial charge in [0.05, 0.1) is 0 Å². The standard InChI is InChI=1S/C12H10.H4NO3P/c1-3-7-11(8-4-1)12-9-5-2-6-10-12;1-5(2,3)4/h1-10H;(H4,1,2,3,4). The van der Waals surface area contributed by atoms with Crippen LogP contribution >= 0.6 is 7.75 Å². The lowest BCUT2D eigenvalue weighted by molar-refractivity contribution is 0.374. The second kappa shape index (κ2) is 6.33. The van der Waals surface area contributed by atoms with Gasteiger partial charge in [0.2, 0.25) is 0 Å². The molecule has 0 aromatic heterocycles. The molecule has 0 atom stereocenters. The predicted octanol–water partition coefficient (Wildman–Crippen LogP) is 2.39. The minimum absolute atomic E-state index is 1.28. The Balaban J connectivity index is 0.000000249. The third kappa shape index (κ3) is 6.66. The lowest BCUT2D eigenvalue weighted by Gasteiger charge is -1.98. The first kappa shape index (κ1) is 13.6. The zero-order valence-electron chi connectivity index (χ0n) is 9.10. The summed E-state index contributed by atoms with van der Waals surface area (Å²) in [7, 11) is -4.14. The summed E-state index contributed by atoms with van der Waals surface area (Å²) in [5, 5.41) is 0. The van der Waals surface area contributed by atoms with Gasteiger partial charge >= 0.3 is 7.75 Å². The van der Waals surface area contributed by atoms with Crippen LogP contribution in [0.15, 0.2) is 60.7 Å². The summed E-state index contributed by atoms with van der Waals surface area (Å²) in [5.74, 6) is 0. The average Bonchev–Trinajstić information content (AvgIpc) is 2.29. The van der Waals surface area contributed by atoms with E-state index in [1.165, 1.54) is 11.1 Å². The van der Waals surface area contributed by atoms with Crippen LogP contribution in [-0.4, -0.2) is 9.79 Å². The number of nitrogens with two attached hydrogens (primary N) is 1. The first-order valence-electron chi connectivity index (χ1n) is 4.91. The fourth-order valence-electron chi connectivity index (χ4n) is 1.26. The number of rotatable bonds is 1. The number of hydrogen-bond acceptors (Lipinski definition) is 1. The maximum atomic E-state index is 9.10. The molecule has 4 nitrogen and oxygen atoms in total. The fourth-order valence-corrected chi connectivity index (χ4v) is 1.26. The average molecular weight is 251 g/mol. The second-order valence-corrected chi connectivity index (χ2v) is 4.50. The Hall–Kier alpha value is -1.45. The molecule has 0 saturated heterocycles. The fraction of sp³-hybridized carbons (Fsp3) is 0. The summed E-state index contributed by atoms with van der Waals surface area (Å²) in [6.07, 6.45) is 0. The SMILES string of the molecule is NP(=O)(O)O.c1ccc(-c2ccccc2)cc1. The molecule has 0 aliphatic heterocycles. The summed E-state index contributed by atoms with van der Waals surface area (Å²) >= 11 is 0. The Morgan fingerprint density at radius 1 is 0.765 bits per heavy atom. The summed E-state index contributed by atoms with van der Waals surface area (Å²) in [6.45, 7) is 0. The summed E-state index contributed by atoms with van der Waals surface area (Å²) < 4.78 is 9.10. The van der Waals surface area contributed by atoms with Crippen LogP contribution in [0.5, 0.6) is 0 Å². The van der Waals surface area contributed by atoms with E-state index in [0.29, 0.717) is 0 Å². The van der Waals surface area contributed by atoms with Crippen LogP contribution in [0.25, 0.3) is 11.1 Å². The number of benzene rings is 2. The van der Waals surface area contributed by atoms with E-state index >= 15 is 0 Å². The molecule has 0 heterocycles. The van der Waals surface area contributed by atoms with Gasteiger partial charge in [-0.3, -0.25) is 0 Å². The van der Waals surface area contributed by atoms with E-state index in [0.717, 1.165) is 0 Å². The van der Waals surface area contributed by atoms with Gasteiger partial charge < -0.3 is 9.79 Å². The van der Waals surface area contributed by atoms with Crippen molar-refractivity contribution in [3.05, 3.63) is 60.7 Å². The summed E-state index contributed by atoms with van der Waals surface area (Å²) in [4.78, 5) is 14.8. The quantitative estimate of drug-likeness (QED) is 0.679. The highest BCUT2D eigenvalue weighted by atomic mass is 31.2. The minimum Gasteiger partial charge on any atom is -0.313 e. The molecule has 0 unspecified atom stereocenters. The van der Waals surface area contributed by atoms with Crippen LogP contribution < -0.4 is 5.50 Å². The van der Waals surface area contributed by atoms with Gasteiger partial charge in [-0.2, -0.15) is 0 Å². The third-order valence-electron chi connectivity index (χ3n) is 1.88. The van der Waals surface area contributed by atoms with Crippen molar-refractivity contribution in [1.29, 1.82) is 0 Å². The van der Waals surface area contributed by atoms with Crippen LogP contribution in [0.2, 0.25) is 0 Å². The summed E-state index contributed by atoms with van der Waals surface area (Å²) in [6, 6.07) is 20.8. The summed E-state index contributed by atoms with van der Waals surface area (Å²) in [5.41, 5.74) is 6.57. The zero-order chi connectivity index (χ0) is 12.7. The molecule has 2 aromatic rings. The van der Waals surface area contributed by atoms with Crippen LogP contribution in [0, 0.1) is 0 Å². The highest BCUT2D eigenvalue weighted by Gasteiger charge is 1.96. The van der Waals surface area contributed by atoms with Crippen LogP contribution in [0.1, 0.15) is 0 Å². The van der Waals surface area contributed by atoms with Crippen molar-refractivity contribution in [3.8, 4) is 11.1 Å². The zero-order valence-corrected chi connectivity index (χ0v) is 10.00. The molecule has 4 N–H and O–H groups in total. The van der Waals surface area contributed by atoms with Crippen molar-refractivity contribution >= 4 is 7.75 Å². The lowest BCUT2D eigenvalue weighted by Crippen LogP contribution is -1.87. The molecule has 2 aromatic carbocycles. The molecule has 0 aliphatic carbocycles. The van der Waals surface area contributed by atoms with E-state index < -0.39 is 7.75 Å². The van der Waals surface area contributed by atoms with E-state index in [1.54, 1.807) is 0 Å². The van der Waals surface area contributed by atoms with E-state index in [9.17, 15) is 0 Å². The first-order chi connectivity index (χ1) is 7.97. The van der Waals surface area contributed by atoms with Crippen molar-refractivity contribution < 1.29 is 14.4 Å². The van der Waals surface area contributed by atoms with Gasteiger partial charge in [0, 0.05) is 0 Å². The van der Waals surface area contributed by atoms with Gasteiger partial charge in [-0.05, 0) is 11.1 Å². The van der Waals surface area contributed by atoms with Gasteiger partial charge in [-0.15, -0.1) is 0 Å². The van der Waals surface area contributed by atoms with Crippen molar-refractivity contribution in [1.82, 2.24) is 0 Å². The predicted molar refractivity (Wildman–Crippen MR) is 68.1 cm³/mol. The Morgan fingerprint density at radius 2 is 1.00 bits per heavy atom. The van der Waals surface area contributed by atoms with Gasteiger partial charge in [-0.1, -0.05) is 60.7 Å². The largest absolute Gasteiger partial charge is 0.397 e. The highest BCUT2D eigenvalue weighted by molar-refractivity contribution is 7.49. The smallest absolute Gasteiger partial charge is 0.313 e. The molecule has 0 spiro atoms. The monoisotopic (exact) mass is 251 g/mol.